The molecule has 0 unspecified atom stereocenters. The van der Waals surface area contributed by atoms with Gasteiger partial charge in [-0.3, -0.25) is 9.69 Å². The van der Waals surface area contributed by atoms with Gasteiger partial charge >= 0.3 is 6.18 Å². The highest BCUT2D eigenvalue weighted by Crippen LogP contribution is 2.34. The molecule has 0 spiro atoms. The lowest BCUT2D eigenvalue weighted by Gasteiger charge is -2.38. The Kier molecular flexibility index (Phi) is 6.83. The highest BCUT2D eigenvalue weighted by Gasteiger charge is 2.34. The van der Waals surface area contributed by atoms with Gasteiger partial charge in [0.05, 0.1) is 17.3 Å². The number of benzene rings is 1. The van der Waals surface area contributed by atoms with E-state index in [0.29, 0.717) is 26.2 Å². The number of nitrogens with zero attached hydrogens (tertiary/aromatic N) is 4. The third kappa shape index (κ3) is 5.52. The normalized spacial score (nSPS) is 16.5. The predicted octanol–water partition coefficient (Wildman–Crippen LogP) is 4.08. The smallest absolute Gasteiger partial charge is 0.354 e. The maximum atomic E-state index is 13.2. The molecule has 2 aromatic rings. The molecule has 3 rings (SSSR count). The number of para-hydroxylation sites is 1. The molecule has 1 aliphatic rings. The number of carbonyl (C=O) groups is 1. The first kappa shape index (κ1) is 23.0. The van der Waals surface area contributed by atoms with E-state index in [2.05, 4.69) is 20.2 Å². The van der Waals surface area contributed by atoms with Crippen LogP contribution in [0.3, 0.4) is 0 Å². The molecule has 6 nitrogen and oxygen atoms in total. The molecule has 9 heteroatoms. The van der Waals surface area contributed by atoms with Gasteiger partial charge in [0, 0.05) is 43.9 Å². The van der Waals surface area contributed by atoms with Crippen molar-refractivity contribution in [1.29, 1.82) is 0 Å². The Labute approximate surface area is 180 Å². The largest absolute Gasteiger partial charge is 0.418 e. The Morgan fingerprint density at radius 3 is 2.32 bits per heavy atom. The van der Waals surface area contributed by atoms with Crippen LogP contribution in [0.4, 0.5) is 24.7 Å². The number of hydrogen-bond acceptors (Lipinski definition) is 5. The van der Waals surface area contributed by atoms with Crippen molar-refractivity contribution in [3.8, 4) is 0 Å². The molecule has 31 heavy (non-hydrogen) atoms. The summed E-state index contributed by atoms with van der Waals surface area (Å²) in [6.45, 7) is 10.3. The number of nitrogens with one attached hydrogen (secondary N) is 1. The van der Waals surface area contributed by atoms with E-state index >= 15 is 0 Å². The van der Waals surface area contributed by atoms with Gasteiger partial charge in [-0.25, -0.2) is 9.97 Å². The minimum atomic E-state index is -4.52. The minimum Gasteiger partial charge on any atom is -0.354 e. The second kappa shape index (κ2) is 9.21. The molecular formula is C22H28F3N5O. The summed E-state index contributed by atoms with van der Waals surface area (Å²) >= 11 is 0. The molecule has 0 radical (unpaired) electrons. The first-order valence-electron chi connectivity index (χ1n) is 10.4. The van der Waals surface area contributed by atoms with E-state index in [1.165, 1.54) is 18.2 Å². The van der Waals surface area contributed by atoms with Crippen LogP contribution in [0.25, 0.3) is 0 Å². The van der Waals surface area contributed by atoms with Gasteiger partial charge in [0.2, 0.25) is 5.91 Å². The lowest BCUT2D eigenvalue weighted by atomic mass is 10.1. The van der Waals surface area contributed by atoms with Crippen LogP contribution in [-0.4, -0.2) is 53.0 Å². The molecular weight excluding hydrogens is 407 g/mol. The van der Waals surface area contributed by atoms with Gasteiger partial charge in [-0.05, 0) is 26.0 Å². The standard InChI is InChI=1S/C22H28F3N5O/c1-14(2)20-26-15(3)13-19(28-20)30-11-9-29(10-12-30)16(4)21(31)27-18-8-6-5-7-17(18)22(23,24)25/h5-8,13-14,16H,9-12H2,1-4H3,(H,27,31)/t16-/m1/s1. The summed E-state index contributed by atoms with van der Waals surface area (Å²) < 4.78 is 39.6. The SMILES string of the molecule is Cc1cc(N2CCN([C@H](C)C(=O)Nc3ccccc3C(F)(F)F)CC2)nc(C(C)C)n1. The summed E-state index contributed by atoms with van der Waals surface area (Å²) in [6, 6.07) is 6.42. The number of alkyl halides is 3. The van der Waals surface area contributed by atoms with E-state index in [-0.39, 0.29) is 11.6 Å². The summed E-state index contributed by atoms with van der Waals surface area (Å²) in [4.78, 5) is 25.9. The molecule has 0 aliphatic carbocycles. The number of carbonyl (C=O) groups excluding carboxylic acids is 1. The zero-order valence-corrected chi connectivity index (χ0v) is 18.2. The predicted molar refractivity (Wildman–Crippen MR) is 114 cm³/mol. The fourth-order valence-electron chi connectivity index (χ4n) is 3.58. The third-order valence-corrected chi connectivity index (χ3v) is 5.43. The van der Waals surface area contributed by atoms with E-state index in [1.54, 1.807) is 6.92 Å². The van der Waals surface area contributed by atoms with Crippen LogP contribution in [-0.2, 0) is 11.0 Å². The monoisotopic (exact) mass is 435 g/mol. The number of hydrogen-bond donors (Lipinski definition) is 1. The number of amides is 1. The Bertz CT molecular complexity index is 924. The zero-order valence-electron chi connectivity index (χ0n) is 18.2. The van der Waals surface area contributed by atoms with Crippen LogP contribution >= 0.6 is 0 Å². The molecule has 1 fully saturated rings. The number of halogens is 3. The van der Waals surface area contributed by atoms with Crippen molar-refractivity contribution in [2.24, 2.45) is 0 Å². The molecule has 0 saturated carbocycles. The summed E-state index contributed by atoms with van der Waals surface area (Å²) in [5, 5.41) is 2.45. The fraction of sp³-hybridized carbons (Fsp3) is 0.500. The summed E-state index contributed by atoms with van der Waals surface area (Å²) in [5.74, 6) is 1.44. The molecule has 1 aromatic carbocycles. The van der Waals surface area contributed by atoms with E-state index in [1.807, 2.05) is 31.7 Å². The minimum absolute atomic E-state index is 0.219. The second-order valence-corrected chi connectivity index (χ2v) is 8.11. The van der Waals surface area contributed by atoms with E-state index in [9.17, 15) is 18.0 Å². The maximum absolute atomic E-state index is 13.2. The van der Waals surface area contributed by atoms with Crippen LogP contribution in [0.15, 0.2) is 30.3 Å². The molecule has 2 heterocycles. The topological polar surface area (TPSA) is 61.4 Å². The van der Waals surface area contributed by atoms with Crippen LogP contribution in [0.5, 0.6) is 0 Å². The third-order valence-electron chi connectivity index (χ3n) is 5.43. The first-order valence-corrected chi connectivity index (χ1v) is 10.4. The lowest BCUT2D eigenvalue weighted by Crippen LogP contribution is -2.53. The second-order valence-electron chi connectivity index (χ2n) is 8.11. The van der Waals surface area contributed by atoms with Gasteiger partial charge in [-0.15, -0.1) is 0 Å². The summed E-state index contributed by atoms with van der Waals surface area (Å²) in [6.07, 6.45) is -4.52. The van der Waals surface area contributed by atoms with Gasteiger partial charge in [-0.1, -0.05) is 26.0 Å². The summed E-state index contributed by atoms with van der Waals surface area (Å²) in [5.41, 5.74) is -0.157. The maximum Gasteiger partial charge on any atom is 0.418 e. The van der Waals surface area contributed by atoms with Crippen LogP contribution in [0.2, 0.25) is 0 Å². The molecule has 0 bridgehead atoms. The zero-order chi connectivity index (χ0) is 22.8. The Morgan fingerprint density at radius 1 is 1.06 bits per heavy atom. The lowest BCUT2D eigenvalue weighted by molar-refractivity contribution is -0.137. The van der Waals surface area contributed by atoms with Gasteiger partial charge < -0.3 is 10.2 Å². The van der Waals surface area contributed by atoms with E-state index in [0.717, 1.165) is 23.4 Å². The molecule has 1 aromatic heterocycles. The van der Waals surface area contributed by atoms with Crippen molar-refractivity contribution >= 4 is 17.4 Å². The van der Waals surface area contributed by atoms with Crippen LogP contribution < -0.4 is 10.2 Å². The van der Waals surface area contributed by atoms with Crippen LogP contribution in [0.1, 0.15) is 43.8 Å². The van der Waals surface area contributed by atoms with Crippen molar-refractivity contribution in [3.63, 3.8) is 0 Å². The van der Waals surface area contributed by atoms with Gasteiger partial charge in [0.15, 0.2) is 0 Å². The van der Waals surface area contributed by atoms with Crippen molar-refractivity contribution in [1.82, 2.24) is 14.9 Å². The Balaban J connectivity index is 1.63. The fourth-order valence-corrected chi connectivity index (χ4v) is 3.58. The molecule has 1 N–H and O–H groups in total. The number of aromatic nitrogens is 2. The molecule has 168 valence electrons. The average molecular weight is 435 g/mol. The van der Waals surface area contributed by atoms with Gasteiger partial charge in [0.1, 0.15) is 11.6 Å². The highest BCUT2D eigenvalue weighted by molar-refractivity contribution is 5.95. The quantitative estimate of drug-likeness (QED) is 0.767. The first-order chi connectivity index (χ1) is 14.6. The van der Waals surface area contributed by atoms with E-state index < -0.39 is 23.7 Å². The summed E-state index contributed by atoms with van der Waals surface area (Å²) in [7, 11) is 0. The number of anilines is 2. The average Bonchev–Trinajstić information content (AvgIpc) is 2.72. The molecule has 1 amide bonds. The molecule has 1 atom stereocenters. The molecule has 1 aliphatic heterocycles. The van der Waals surface area contributed by atoms with Crippen molar-refractivity contribution in [2.45, 2.75) is 45.8 Å². The number of rotatable bonds is 5. The Morgan fingerprint density at radius 2 is 1.71 bits per heavy atom. The number of aryl methyl sites for hydroxylation is 1. The Hall–Kier alpha value is -2.68. The van der Waals surface area contributed by atoms with Gasteiger partial charge in [0.25, 0.3) is 0 Å². The molecule has 1 saturated heterocycles. The van der Waals surface area contributed by atoms with E-state index in [4.69, 9.17) is 0 Å². The van der Waals surface area contributed by atoms with Crippen LogP contribution in [0, 0.1) is 6.92 Å². The number of piperazine rings is 1. The highest BCUT2D eigenvalue weighted by atomic mass is 19.4. The van der Waals surface area contributed by atoms with Crippen molar-refractivity contribution in [2.75, 3.05) is 36.4 Å². The van der Waals surface area contributed by atoms with Gasteiger partial charge in [-0.2, -0.15) is 13.2 Å². The van der Waals surface area contributed by atoms with Crippen molar-refractivity contribution < 1.29 is 18.0 Å². The van der Waals surface area contributed by atoms with Crippen molar-refractivity contribution in [3.05, 3.63) is 47.4 Å².